The van der Waals surface area contributed by atoms with Gasteiger partial charge in [-0.1, -0.05) is 32.0 Å². The van der Waals surface area contributed by atoms with Crippen LogP contribution in [0.2, 0.25) is 0 Å². The van der Waals surface area contributed by atoms with Crippen LogP contribution in [0.5, 0.6) is 0 Å². The molecule has 0 amide bonds. The van der Waals surface area contributed by atoms with Gasteiger partial charge in [0.2, 0.25) is 0 Å². The van der Waals surface area contributed by atoms with Crippen LogP contribution in [-0.2, 0) is 12.0 Å². The first-order valence-corrected chi connectivity index (χ1v) is 10.1. The van der Waals surface area contributed by atoms with Gasteiger partial charge in [-0.3, -0.25) is 0 Å². The quantitative estimate of drug-likeness (QED) is 0.564. The third-order valence-electron chi connectivity index (χ3n) is 4.77. The fourth-order valence-electron chi connectivity index (χ4n) is 2.99. The van der Waals surface area contributed by atoms with Crippen LogP contribution in [-0.4, -0.2) is 24.0 Å². The number of guanidine groups is 1. The van der Waals surface area contributed by atoms with Gasteiger partial charge in [0, 0.05) is 23.9 Å². The molecule has 1 aromatic carbocycles. The van der Waals surface area contributed by atoms with Crippen LogP contribution in [0.25, 0.3) is 0 Å². The minimum absolute atomic E-state index is 0.104. The highest BCUT2D eigenvalue weighted by atomic mass is 32.1. The molecule has 0 spiro atoms. The van der Waals surface area contributed by atoms with Crippen LogP contribution in [0.15, 0.2) is 34.6 Å². The molecule has 140 valence electrons. The maximum Gasteiger partial charge on any atom is 0.191 e. The van der Waals surface area contributed by atoms with E-state index in [2.05, 4.69) is 39.8 Å². The lowest BCUT2D eigenvalue weighted by molar-refractivity contribution is 0.559. The van der Waals surface area contributed by atoms with Crippen molar-refractivity contribution in [3.8, 4) is 0 Å². The summed E-state index contributed by atoms with van der Waals surface area (Å²) < 4.78 is 14.2. The molecule has 2 aromatic rings. The van der Waals surface area contributed by atoms with E-state index in [-0.39, 0.29) is 11.2 Å². The summed E-state index contributed by atoms with van der Waals surface area (Å²) in [6.07, 6.45) is 2.01. The molecule has 1 saturated carbocycles. The number of hydrogen-bond acceptors (Lipinski definition) is 3. The molecule has 1 heterocycles. The van der Waals surface area contributed by atoms with E-state index in [0.29, 0.717) is 19.0 Å². The van der Waals surface area contributed by atoms with Crippen LogP contribution < -0.4 is 10.6 Å². The van der Waals surface area contributed by atoms with Crippen molar-refractivity contribution in [1.82, 2.24) is 15.6 Å². The lowest BCUT2D eigenvalue weighted by Crippen LogP contribution is -2.41. The van der Waals surface area contributed by atoms with Gasteiger partial charge in [-0.15, -0.1) is 11.3 Å². The highest BCUT2D eigenvalue weighted by molar-refractivity contribution is 7.09. The lowest BCUT2D eigenvalue weighted by Gasteiger charge is -2.19. The third kappa shape index (κ3) is 4.41. The second-order valence-electron chi connectivity index (χ2n) is 7.13. The molecule has 0 bridgehead atoms. The molecule has 26 heavy (non-hydrogen) atoms. The summed E-state index contributed by atoms with van der Waals surface area (Å²) in [5.41, 5.74) is 1.83. The normalized spacial score (nSPS) is 16.0. The summed E-state index contributed by atoms with van der Waals surface area (Å²) in [7, 11) is 0. The maximum absolute atomic E-state index is 14.2. The van der Waals surface area contributed by atoms with E-state index in [1.54, 1.807) is 23.5 Å². The molecule has 0 saturated heterocycles. The molecule has 0 radical (unpaired) electrons. The van der Waals surface area contributed by atoms with Crippen molar-refractivity contribution >= 4 is 17.3 Å². The van der Waals surface area contributed by atoms with Gasteiger partial charge >= 0.3 is 0 Å². The molecule has 1 aromatic heterocycles. The Morgan fingerprint density at radius 3 is 2.69 bits per heavy atom. The maximum atomic E-state index is 14.2. The summed E-state index contributed by atoms with van der Waals surface area (Å²) in [6.45, 7) is 8.36. The third-order valence-corrected chi connectivity index (χ3v) is 5.62. The Hall–Kier alpha value is -1.95. The molecule has 1 aliphatic carbocycles. The van der Waals surface area contributed by atoms with Gasteiger partial charge in [0.1, 0.15) is 10.8 Å². The zero-order valence-electron chi connectivity index (χ0n) is 15.7. The van der Waals surface area contributed by atoms with E-state index in [4.69, 9.17) is 0 Å². The number of aromatic nitrogens is 1. The Bertz CT molecular complexity index is 765. The first kappa shape index (κ1) is 18.8. The lowest BCUT2D eigenvalue weighted by atomic mass is 9.95. The minimum atomic E-state index is -0.113. The zero-order chi connectivity index (χ0) is 18.6. The van der Waals surface area contributed by atoms with Crippen LogP contribution in [0.4, 0.5) is 4.39 Å². The van der Waals surface area contributed by atoms with Crippen molar-refractivity contribution in [3.05, 3.63) is 51.7 Å². The van der Waals surface area contributed by atoms with Gasteiger partial charge in [-0.05, 0) is 37.3 Å². The Kier molecular flexibility index (Phi) is 5.91. The standard InChI is InChI=1S/C20H27FN4S/c1-4-22-19(23-11-18-25-17(12-26-18)14(2)3)24-13-20(9-10-20)15-7-5-6-8-16(15)21/h5-8,12,14H,4,9-11,13H2,1-3H3,(H2,22,23,24). The average molecular weight is 375 g/mol. The van der Waals surface area contributed by atoms with Gasteiger partial charge in [0.05, 0.1) is 12.2 Å². The second-order valence-corrected chi connectivity index (χ2v) is 8.07. The van der Waals surface area contributed by atoms with Crippen molar-refractivity contribution in [2.45, 2.75) is 51.5 Å². The van der Waals surface area contributed by atoms with Crippen LogP contribution >= 0.6 is 11.3 Å². The van der Waals surface area contributed by atoms with Crippen molar-refractivity contribution in [3.63, 3.8) is 0 Å². The number of rotatable bonds is 7. The fourth-order valence-corrected chi connectivity index (χ4v) is 3.87. The Labute approximate surface area is 159 Å². The predicted molar refractivity (Wildman–Crippen MR) is 106 cm³/mol. The number of aliphatic imine (C=N–C) groups is 1. The summed E-state index contributed by atoms with van der Waals surface area (Å²) in [4.78, 5) is 9.28. The van der Waals surface area contributed by atoms with E-state index in [1.807, 2.05) is 19.1 Å². The number of nitrogens with zero attached hydrogens (tertiary/aromatic N) is 2. The second kappa shape index (κ2) is 8.16. The Morgan fingerprint density at radius 2 is 2.08 bits per heavy atom. The molecule has 2 N–H and O–H groups in total. The highest BCUT2D eigenvalue weighted by Crippen LogP contribution is 2.48. The van der Waals surface area contributed by atoms with Gasteiger partial charge in [-0.25, -0.2) is 14.4 Å². The minimum Gasteiger partial charge on any atom is -0.357 e. The Balaban J connectivity index is 1.64. The van der Waals surface area contributed by atoms with Crippen molar-refractivity contribution in [2.24, 2.45) is 4.99 Å². The van der Waals surface area contributed by atoms with Crippen molar-refractivity contribution in [2.75, 3.05) is 13.1 Å². The number of hydrogen-bond donors (Lipinski definition) is 2. The van der Waals surface area contributed by atoms with E-state index in [1.165, 1.54) is 0 Å². The van der Waals surface area contributed by atoms with E-state index >= 15 is 0 Å². The van der Waals surface area contributed by atoms with Crippen LogP contribution in [0, 0.1) is 5.82 Å². The molecule has 1 aliphatic rings. The topological polar surface area (TPSA) is 49.3 Å². The summed E-state index contributed by atoms with van der Waals surface area (Å²) >= 11 is 1.65. The first-order chi connectivity index (χ1) is 12.5. The monoisotopic (exact) mass is 374 g/mol. The molecule has 3 rings (SSSR count). The number of benzene rings is 1. The number of halogens is 1. The fraction of sp³-hybridized carbons (Fsp3) is 0.500. The molecule has 1 fully saturated rings. The molecule has 0 aliphatic heterocycles. The van der Waals surface area contributed by atoms with Gasteiger partial charge < -0.3 is 10.6 Å². The van der Waals surface area contributed by atoms with Crippen molar-refractivity contribution in [1.29, 1.82) is 0 Å². The van der Waals surface area contributed by atoms with Gasteiger partial charge in [0.15, 0.2) is 5.96 Å². The highest BCUT2D eigenvalue weighted by Gasteiger charge is 2.45. The summed E-state index contributed by atoms with van der Waals surface area (Å²) in [5, 5.41) is 9.79. The molecule has 0 unspecified atom stereocenters. The predicted octanol–water partition coefficient (Wildman–Crippen LogP) is 4.19. The molecular formula is C20H27FN4S. The van der Waals surface area contributed by atoms with Crippen LogP contribution in [0.3, 0.4) is 0 Å². The largest absolute Gasteiger partial charge is 0.357 e. The number of nitrogens with one attached hydrogen (secondary N) is 2. The molecule has 6 heteroatoms. The zero-order valence-corrected chi connectivity index (χ0v) is 16.5. The SMILES string of the molecule is CCNC(=NCc1nc(C(C)C)cs1)NCC1(c2ccccc2F)CC1. The summed E-state index contributed by atoms with van der Waals surface area (Å²) in [6, 6.07) is 7.10. The molecular weight excluding hydrogens is 347 g/mol. The van der Waals surface area contributed by atoms with E-state index in [0.717, 1.165) is 41.6 Å². The van der Waals surface area contributed by atoms with E-state index < -0.39 is 0 Å². The Morgan fingerprint density at radius 1 is 1.31 bits per heavy atom. The summed E-state index contributed by atoms with van der Waals surface area (Å²) in [5.74, 6) is 1.08. The molecule has 4 nitrogen and oxygen atoms in total. The van der Waals surface area contributed by atoms with Gasteiger partial charge in [0.25, 0.3) is 0 Å². The van der Waals surface area contributed by atoms with Crippen molar-refractivity contribution < 1.29 is 4.39 Å². The smallest absolute Gasteiger partial charge is 0.191 e. The number of thiazole rings is 1. The average Bonchev–Trinajstić information content (AvgIpc) is 3.25. The van der Waals surface area contributed by atoms with Gasteiger partial charge in [-0.2, -0.15) is 0 Å². The molecule has 0 atom stereocenters. The van der Waals surface area contributed by atoms with Crippen LogP contribution in [0.1, 0.15) is 55.8 Å². The first-order valence-electron chi connectivity index (χ1n) is 9.25. The van der Waals surface area contributed by atoms with E-state index in [9.17, 15) is 4.39 Å².